The maximum absolute atomic E-state index is 12.9. The molecule has 0 saturated carbocycles. The van der Waals surface area contributed by atoms with E-state index in [0.717, 1.165) is 0 Å². The number of hydrogen-bond acceptors (Lipinski definition) is 4. The average Bonchev–Trinajstić information content (AvgIpc) is 2.60. The second kappa shape index (κ2) is 7.41. The van der Waals surface area contributed by atoms with Crippen LogP contribution >= 0.6 is 0 Å². The molecule has 0 spiro atoms. The van der Waals surface area contributed by atoms with E-state index in [-0.39, 0.29) is 22.8 Å². The van der Waals surface area contributed by atoms with Gasteiger partial charge in [-0.2, -0.15) is 0 Å². The standard InChI is InChI=1S/C16H17FN2O4S/c1-18-16(20)14-9-13(7-8-15(14)23-2)24(21,22)19-10-11-3-5-12(17)6-4-11/h3-9,19H,10H2,1-2H3,(H,18,20). The van der Waals surface area contributed by atoms with Gasteiger partial charge in [0.05, 0.1) is 17.6 Å². The van der Waals surface area contributed by atoms with Crippen molar-refractivity contribution in [2.75, 3.05) is 14.2 Å². The Kier molecular flexibility index (Phi) is 5.53. The van der Waals surface area contributed by atoms with Gasteiger partial charge in [-0.05, 0) is 35.9 Å². The van der Waals surface area contributed by atoms with Crippen LogP contribution in [0.4, 0.5) is 4.39 Å². The third kappa shape index (κ3) is 4.09. The fourth-order valence-electron chi connectivity index (χ4n) is 2.03. The molecule has 0 fully saturated rings. The molecule has 0 heterocycles. The summed E-state index contributed by atoms with van der Waals surface area (Å²) in [6.07, 6.45) is 0. The van der Waals surface area contributed by atoms with Gasteiger partial charge in [-0.25, -0.2) is 17.5 Å². The van der Waals surface area contributed by atoms with Crippen molar-refractivity contribution in [2.45, 2.75) is 11.4 Å². The van der Waals surface area contributed by atoms with E-state index in [4.69, 9.17) is 4.74 Å². The highest BCUT2D eigenvalue weighted by Crippen LogP contribution is 2.22. The predicted octanol–water partition coefficient (Wildman–Crippen LogP) is 1.67. The van der Waals surface area contributed by atoms with Gasteiger partial charge in [0.25, 0.3) is 5.91 Å². The fourth-order valence-corrected chi connectivity index (χ4v) is 3.07. The van der Waals surface area contributed by atoms with Gasteiger partial charge in [0.15, 0.2) is 0 Å². The monoisotopic (exact) mass is 352 g/mol. The second-order valence-electron chi connectivity index (χ2n) is 4.89. The molecule has 6 nitrogen and oxygen atoms in total. The maximum atomic E-state index is 12.9. The van der Waals surface area contributed by atoms with Gasteiger partial charge in [-0.15, -0.1) is 0 Å². The van der Waals surface area contributed by atoms with E-state index in [0.29, 0.717) is 5.56 Å². The van der Waals surface area contributed by atoms with Crippen molar-refractivity contribution >= 4 is 15.9 Å². The molecule has 24 heavy (non-hydrogen) atoms. The van der Waals surface area contributed by atoms with Crippen molar-refractivity contribution in [2.24, 2.45) is 0 Å². The van der Waals surface area contributed by atoms with E-state index >= 15 is 0 Å². The van der Waals surface area contributed by atoms with Crippen LogP contribution in [0.2, 0.25) is 0 Å². The summed E-state index contributed by atoms with van der Waals surface area (Å²) in [5, 5.41) is 2.43. The summed E-state index contributed by atoms with van der Waals surface area (Å²) in [6.45, 7) is 0.00392. The summed E-state index contributed by atoms with van der Waals surface area (Å²) in [4.78, 5) is 11.8. The number of methoxy groups -OCH3 is 1. The summed E-state index contributed by atoms with van der Waals surface area (Å²) < 4.78 is 45.1. The number of halogens is 1. The van der Waals surface area contributed by atoms with Crippen molar-refractivity contribution in [3.63, 3.8) is 0 Å². The smallest absolute Gasteiger partial charge is 0.254 e. The molecule has 0 bridgehead atoms. The lowest BCUT2D eigenvalue weighted by Crippen LogP contribution is -2.24. The van der Waals surface area contributed by atoms with Crippen molar-refractivity contribution < 1.29 is 22.3 Å². The molecule has 0 saturated heterocycles. The zero-order chi connectivity index (χ0) is 17.7. The molecule has 2 aromatic carbocycles. The van der Waals surface area contributed by atoms with Gasteiger partial charge in [0.2, 0.25) is 10.0 Å². The summed E-state index contributed by atoms with van der Waals surface area (Å²) in [6, 6.07) is 9.48. The van der Waals surface area contributed by atoms with E-state index in [1.54, 1.807) is 0 Å². The molecule has 0 radical (unpaired) electrons. The van der Waals surface area contributed by atoms with Crippen LogP contribution in [0.3, 0.4) is 0 Å². The minimum atomic E-state index is -3.84. The highest BCUT2D eigenvalue weighted by atomic mass is 32.2. The Bertz CT molecular complexity index is 836. The van der Waals surface area contributed by atoms with Crippen LogP contribution in [0.5, 0.6) is 5.75 Å². The Morgan fingerprint density at radius 2 is 1.83 bits per heavy atom. The molecule has 0 aliphatic heterocycles. The van der Waals surface area contributed by atoms with Gasteiger partial charge >= 0.3 is 0 Å². The molecule has 0 atom stereocenters. The SMILES string of the molecule is CNC(=O)c1cc(S(=O)(=O)NCc2ccc(F)cc2)ccc1OC. The Balaban J connectivity index is 2.25. The highest BCUT2D eigenvalue weighted by molar-refractivity contribution is 7.89. The number of hydrogen-bond donors (Lipinski definition) is 2. The van der Waals surface area contributed by atoms with Gasteiger partial charge in [0.1, 0.15) is 11.6 Å². The summed E-state index contributed by atoms with van der Waals surface area (Å²) in [5.74, 6) is -0.582. The van der Waals surface area contributed by atoms with E-state index in [2.05, 4.69) is 10.0 Å². The molecule has 128 valence electrons. The zero-order valence-electron chi connectivity index (χ0n) is 13.2. The molecule has 2 rings (SSSR count). The van der Waals surface area contributed by atoms with Crippen molar-refractivity contribution in [3.8, 4) is 5.75 Å². The molecule has 0 aromatic heterocycles. The number of sulfonamides is 1. The Morgan fingerprint density at radius 1 is 1.17 bits per heavy atom. The Hall–Kier alpha value is -2.45. The van der Waals surface area contributed by atoms with Gasteiger partial charge in [-0.1, -0.05) is 12.1 Å². The summed E-state index contributed by atoms with van der Waals surface area (Å²) >= 11 is 0. The van der Waals surface area contributed by atoms with E-state index in [9.17, 15) is 17.6 Å². The second-order valence-corrected chi connectivity index (χ2v) is 6.66. The third-order valence-corrected chi connectivity index (χ3v) is 4.73. The number of rotatable bonds is 6. The van der Waals surface area contributed by atoms with E-state index < -0.39 is 21.7 Å². The number of carbonyl (C=O) groups excluding carboxylic acids is 1. The van der Waals surface area contributed by atoms with Crippen LogP contribution in [-0.2, 0) is 16.6 Å². The highest BCUT2D eigenvalue weighted by Gasteiger charge is 2.19. The van der Waals surface area contributed by atoms with Gasteiger partial charge < -0.3 is 10.1 Å². The first kappa shape index (κ1) is 17.9. The van der Waals surface area contributed by atoms with E-state index in [1.807, 2.05) is 0 Å². The van der Waals surface area contributed by atoms with Crippen LogP contribution in [0.1, 0.15) is 15.9 Å². The lowest BCUT2D eigenvalue weighted by molar-refractivity contribution is 0.0960. The largest absolute Gasteiger partial charge is 0.496 e. The zero-order valence-corrected chi connectivity index (χ0v) is 14.0. The molecule has 2 aromatic rings. The minimum absolute atomic E-state index is 0.00392. The number of ether oxygens (including phenoxy) is 1. The third-order valence-electron chi connectivity index (χ3n) is 3.33. The van der Waals surface area contributed by atoms with Crippen LogP contribution in [0, 0.1) is 5.82 Å². The minimum Gasteiger partial charge on any atom is -0.496 e. The van der Waals surface area contributed by atoms with Gasteiger partial charge in [-0.3, -0.25) is 4.79 Å². The quantitative estimate of drug-likeness (QED) is 0.828. The van der Waals surface area contributed by atoms with Gasteiger partial charge in [0, 0.05) is 13.6 Å². The van der Waals surface area contributed by atoms with Crippen LogP contribution in [-0.4, -0.2) is 28.5 Å². The van der Waals surface area contributed by atoms with Crippen LogP contribution in [0.15, 0.2) is 47.4 Å². The molecule has 2 N–H and O–H groups in total. The molecule has 0 aliphatic rings. The lowest BCUT2D eigenvalue weighted by atomic mass is 10.2. The van der Waals surface area contributed by atoms with Crippen molar-refractivity contribution in [1.29, 1.82) is 0 Å². The fraction of sp³-hybridized carbons (Fsp3) is 0.188. The first-order valence-corrected chi connectivity index (χ1v) is 8.50. The number of amides is 1. The normalized spacial score (nSPS) is 11.1. The molecule has 0 unspecified atom stereocenters. The molecule has 0 aliphatic carbocycles. The first-order chi connectivity index (χ1) is 11.4. The number of nitrogens with one attached hydrogen (secondary N) is 2. The molecular weight excluding hydrogens is 335 g/mol. The summed E-state index contributed by atoms with van der Waals surface area (Å²) in [7, 11) is -1.01. The molecular formula is C16H17FN2O4S. The van der Waals surface area contributed by atoms with Crippen molar-refractivity contribution in [3.05, 3.63) is 59.4 Å². The van der Waals surface area contributed by atoms with Crippen molar-refractivity contribution in [1.82, 2.24) is 10.0 Å². The van der Waals surface area contributed by atoms with Crippen LogP contribution in [0.25, 0.3) is 0 Å². The predicted molar refractivity (Wildman–Crippen MR) is 86.8 cm³/mol. The first-order valence-electron chi connectivity index (χ1n) is 7.01. The van der Waals surface area contributed by atoms with Crippen LogP contribution < -0.4 is 14.8 Å². The number of carbonyl (C=O) groups is 1. The topological polar surface area (TPSA) is 84.5 Å². The molecule has 8 heteroatoms. The van der Waals surface area contributed by atoms with E-state index in [1.165, 1.54) is 56.6 Å². The number of benzene rings is 2. The Morgan fingerprint density at radius 3 is 2.42 bits per heavy atom. The lowest BCUT2D eigenvalue weighted by Gasteiger charge is -2.11. The average molecular weight is 352 g/mol. The summed E-state index contributed by atoms with van der Waals surface area (Å²) in [5.41, 5.74) is 0.727. The Labute approximate surface area is 139 Å². The maximum Gasteiger partial charge on any atom is 0.254 e. The molecule has 1 amide bonds.